The molecule has 2 aromatic carbocycles. The van der Waals surface area contributed by atoms with Crippen LogP contribution in [0.2, 0.25) is 0 Å². The number of hydrogen-bond donors (Lipinski definition) is 0. The van der Waals surface area contributed by atoms with Gasteiger partial charge in [0, 0.05) is 37.5 Å². The van der Waals surface area contributed by atoms with Gasteiger partial charge in [0.05, 0.1) is 21.3 Å². The summed E-state index contributed by atoms with van der Waals surface area (Å²) in [7, 11) is 0.182. The lowest BCUT2D eigenvalue weighted by Crippen LogP contribution is -2.32. The molecular formula is C22H28N2O7S. The van der Waals surface area contributed by atoms with Crippen molar-refractivity contribution in [3.05, 3.63) is 36.4 Å². The molecule has 0 spiro atoms. The van der Waals surface area contributed by atoms with Gasteiger partial charge in [-0.1, -0.05) is 13.3 Å². The first-order valence-electron chi connectivity index (χ1n) is 10.3. The molecule has 174 valence electrons. The van der Waals surface area contributed by atoms with Crippen LogP contribution in [-0.2, 0) is 10.1 Å². The fraction of sp³-hybridized carbons (Fsp3) is 0.409. The monoisotopic (exact) mass is 464 g/mol. The Hall–Kier alpha value is -3.14. The van der Waals surface area contributed by atoms with Gasteiger partial charge in [-0.2, -0.15) is 8.42 Å². The highest BCUT2D eigenvalue weighted by Gasteiger charge is 2.29. The average molecular weight is 465 g/mol. The molecular weight excluding hydrogens is 436 g/mol. The molecule has 32 heavy (non-hydrogen) atoms. The summed E-state index contributed by atoms with van der Waals surface area (Å²) in [6, 6.07) is 8.79. The fourth-order valence-electron chi connectivity index (χ4n) is 3.45. The van der Waals surface area contributed by atoms with Crippen molar-refractivity contribution in [1.29, 1.82) is 0 Å². The van der Waals surface area contributed by atoms with Crippen LogP contribution in [0.25, 0.3) is 0 Å². The molecule has 9 nitrogen and oxygen atoms in total. The summed E-state index contributed by atoms with van der Waals surface area (Å²) < 4.78 is 46.6. The van der Waals surface area contributed by atoms with Crippen LogP contribution in [0.5, 0.6) is 23.0 Å². The van der Waals surface area contributed by atoms with E-state index in [0.717, 1.165) is 19.4 Å². The Bertz CT molecular complexity index is 1030. The van der Waals surface area contributed by atoms with Gasteiger partial charge < -0.3 is 23.3 Å². The zero-order chi connectivity index (χ0) is 23.3. The molecule has 0 atom stereocenters. The molecule has 3 rings (SSSR count). The van der Waals surface area contributed by atoms with E-state index in [1.165, 1.54) is 45.6 Å². The lowest BCUT2D eigenvalue weighted by Gasteiger charge is -2.19. The molecule has 0 unspecified atom stereocenters. The van der Waals surface area contributed by atoms with Crippen molar-refractivity contribution >= 4 is 21.8 Å². The number of amides is 2. The van der Waals surface area contributed by atoms with E-state index < -0.39 is 10.1 Å². The second kappa shape index (κ2) is 9.99. The topological polar surface area (TPSA) is 94.6 Å². The van der Waals surface area contributed by atoms with Crippen LogP contribution in [-0.4, -0.2) is 60.3 Å². The van der Waals surface area contributed by atoms with Gasteiger partial charge in [0.15, 0.2) is 17.2 Å². The Morgan fingerprint density at radius 1 is 0.938 bits per heavy atom. The fourth-order valence-corrected chi connectivity index (χ4v) is 4.37. The van der Waals surface area contributed by atoms with Crippen LogP contribution in [0.15, 0.2) is 41.3 Å². The molecule has 0 aromatic heterocycles. The third kappa shape index (κ3) is 4.85. The van der Waals surface area contributed by atoms with Gasteiger partial charge in [0.1, 0.15) is 4.90 Å². The summed E-state index contributed by atoms with van der Waals surface area (Å²) in [5.74, 6) is 0.886. The lowest BCUT2D eigenvalue weighted by atomic mass is 10.2. The smallest absolute Gasteiger partial charge is 0.339 e. The third-order valence-electron chi connectivity index (χ3n) is 5.16. The van der Waals surface area contributed by atoms with Gasteiger partial charge in [-0.15, -0.1) is 0 Å². The van der Waals surface area contributed by atoms with E-state index in [4.69, 9.17) is 18.4 Å². The van der Waals surface area contributed by atoms with Crippen LogP contribution in [0.1, 0.15) is 19.8 Å². The summed E-state index contributed by atoms with van der Waals surface area (Å²) in [5, 5.41) is 0. The SMILES string of the molecule is CCCCN1CCN(c2ccc(S(=O)(=O)Oc3cc(OC)c(OC)c(OC)c3)cc2)C1=O. The number of unbranched alkanes of at least 4 members (excludes halogenated alkanes) is 1. The predicted octanol–water partition coefficient (Wildman–Crippen LogP) is 3.52. The molecule has 0 bridgehead atoms. The largest absolute Gasteiger partial charge is 0.493 e. The Balaban J connectivity index is 1.78. The quantitative estimate of drug-likeness (QED) is 0.497. The number of carbonyl (C=O) groups excluding carboxylic acids is 1. The zero-order valence-electron chi connectivity index (χ0n) is 18.7. The minimum absolute atomic E-state index is 0.0184. The number of urea groups is 1. The van der Waals surface area contributed by atoms with Gasteiger partial charge >= 0.3 is 16.1 Å². The normalized spacial score (nSPS) is 13.9. The number of benzene rings is 2. The molecule has 1 aliphatic rings. The second-order valence-corrected chi connectivity index (χ2v) is 8.71. The average Bonchev–Trinajstić information content (AvgIpc) is 3.16. The number of carbonyl (C=O) groups is 1. The molecule has 2 aromatic rings. The highest BCUT2D eigenvalue weighted by atomic mass is 32.2. The second-order valence-electron chi connectivity index (χ2n) is 7.17. The highest BCUT2D eigenvalue weighted by Crippen LogP contribution is 2.41. The van der Waals surface area contributed by atoms with Gasteiger partial charge in [-0.25, -0.2) is 4.79 Å². The van der Waals surface area contributed by atoms with Crippen molar-refractivity contribution in [2.75, 3.05) is 45.9 Å². The number of methoxy groups -OCH3 is 3. The van der Waals surface area contributed by atoms with E-state index in [-0.39, 0.29) is 28.2 Å². The zero-order valence-corrected chi connectivity index (χ0v) is 19.5. The number of nitrogens with zero attached hydrogens (tertiary/aromatic N) is 2. The lowest BCUT2D eigenvalue weighted by molar-refractivity contribution is 0.220. The Morgan fingerprint density at radius 2 is 1.56 bits per heavy atom. The molecule has 0 saturated carbocycles. The number of rotatable bonds is 10. The van der Waals surface area contributed by atoms with Crippen molar-refractivity contribution in [3.8, 4) is 23.0 Å². The summed E-state index contributed by atoms with van der Waals surface area (Å²) in [6.45, 7) is 4.03. The van der Waals surface area contributed by atoms with E-state index in [0.29, 0.717) is 24.5 Å². The molecule has 2 amide bonds. The predicted molar refractivity (Wildman–Crippen MR) is 120 cm³/mol. The first-order valence-corrected chi connectivity index (χ1v) is 11.7. The van der Waals surface area contributed by atoms with Gasteiger partial charge in [0.2, 0.25) is 5.75 Å². The van der Waals surface area contributed by atoms with Gasteiger partial charge in [-0.05, 0) is 30.7 Å². The number of anilines is 1. The first-order chi connectivity index (χ1) is 15.3. The Kier molecular flexibility index (Phi) is 7.34. The Morgan fingerprint density at radius 3 is 2.09 bits per heavy atom. The van der Waals surface area contributed by atoms with Crippen molar-refractivity contribution in [2.45, 2.75) is 24.7 Å². The Labute approximate surface area is 188 Å². The minimum Gasteiger partial charge on any atom is -0.493 e. The number of ether oxygens (including phenoxy) is 3. The first kappa shape index (κ1) is 23.5. The van der Waals surface area contributed by atoms with E-state index in [1.54, 1.807) is 17.0 Å². The molecule has 10 heteroatoms. The third-order valence-corrected chi connectivity index (χ3v) is 6.42. The maximum Gasteiger partial charge on any atom is 0.339 e. The van der Waals surface area contributed by atoms with Crippen molar-refractivity contribution in [3.63, 3.8) is 0 Å². The molecule has 0 aliphatic carbocycles. The summed E-state index contributed by atoms with van der Waals surface area (Å²) in [6.07, 6.45) is 1.97. The summed E-state index contributed by atoms with van der Waals surface area (Å²) in [4.78, 5) is 16.0. The maximum absolute atomic E-state index is 12.8. The van der Waals surface area contributed by atoms with E-state index >= 15 is 0 Å². The van der Waals surface area contributed by atoms with E-state index in [9.17, 15) is 13.2 Å². The van der Waals surface area contributed by atoms with Crippen LogP contribution < -0.4 is 23.3 Å². The van der Waals surface area contributed by atoms with Crippen LogP contribution in [0.3, 0.4) is 0 Å². The van der Waals surface area contributed by atoms with Crippen LogP contribution >= 0.6 is 0 Å². The van der Waals surface area contributed by atoms with Gasteiger partial charge in [0.25, 0.3) is 0 Å². The summed E-state index contributed by atoms with van der Waals surface area (Å²) >= 11 is 0. The van der Waals surface area contributed by atoms with Crippen molar-refractivity contribution in [2.24, 2.45) is 0 Å². The summed E-state index contributed by atoms with van der Waals surface area (Å²) in [5.41, 5.74) is 0.640. The van der Waals surface area contributed by atoms with Crippen LogP contribution in [0, 0.1) is 0 Å². The maximum atomic E-state index is 12.8. The molecule has 1 saturated heterocycles. The van der Waals surface area contributed by atoms with Crippen molar-refractivity contribution < 1.29 is 31.6 Å². The molecule has 0 N–H and O–H groups in total. The standard InChI is InChI=1S/C22H28N2O7S/c1-5-6-11-23-12-13-24(22(23)25)16-7-9-18(10-8-16)32(26,27)31-17-14-19(28-2)21(30-4)20(15-17)29-3/h7-10,14-15H,5-6,11-13H2,1-4H3. The van der Waals surface area contributed by atoms with Gasteiger partial charge in [-0.3, -0.25) is 4.90 Å². The highest BCUT2D eigenvalue weighted by molar-refractivity contribution is 7.87. The van der Waals surface area contributed by atoms with Crippen LogP contribution in [0.4, 0.5) is 10.5 Å². The van der Waals surface area contributed by atoms with Crippen molar-refractivity contribution in [1.82, 2.24) is 4.90 Å². The number of hydrogen-bond acceptors (Lipinski definition) is 7. The van der Waals surface area contributed by atoms with E-state index in [2.05, 4.69) is 6.92 Å². The molecule has 1 aliphatic heterocycles. The van der Waals surface area contributed by atoms with E-state index in [1.807, 2.05) is 4.90 Å². The molecule has 0 radical (unpaired) electrons. The molecule has 1 heterocycles. The molecule has 1 fully saturated rings. The minimum atomic E-state index is -4.13.